The van der Waals surface area contributed by atoms with Crippen molar-refractivity contribution in [3.8, 4) is 11.5 Å². The van der Waals surface area contributed by atoms with Crippen molar-refractivity contribution in [2.45, 2.75) is 157 Å². The Bertz CT molecular complexity index is 984. The van der Waals surface area contributed by atoms with E-state index in [-0.39, 0.29) is 68.6 Å². The van der Waals surface area contributed by atoms with Gasteiger partial charge in [0.1, 0.15) is 11.5 Å². The van der Waals surface area contributed by atoms with E-state index in [0.717, 1.165) is 61.9 Å². The zero-order valence-electron chi connectivity index (χ0n) is 33.2. The molecule has 3 saturated heterocycles. The molecule has 5 rings (SSSR count). The van der Waals surface area contributed by atoms with E-state index in [1.165, 1.54) is 49.7 Å². The molecule has 0 aliphatic carbocycles. The van der Waals surface area contributed by atoms with E-state index in [1.807, 2.05) is 0 Å². The van der Waals surface area contributed by atoms with Gasteiger partial charge in [0.15, 0.2) is 0 Å². The van der Waals surface area contributed by atoms with Crippen LogP contribution in [0.3, 0.4) is 0 Å². The first-order valence-corrected chi connectivity index (χ1v) is 18.0. The van der Waals surface area contributed by atoms with Gasteiger partial charge in [-0.15, -0.1) is 0 Å². The maximum absolute atomic E-state index is 10.4. The van der Waals surface area contributed by atoms with E-state index >= 15 is 0 Å². The first-order chi connectivity index (χ1) is 21.6. The van der Waals surface area contributed by atoms with Crippen molar-refractivity contribution in [3.63, 3.8) is 0 Å². The molecule has 3 heterocycles. The molecule has 0 bridgehead atoms. The third-order valence-corrected chi connectivity index (χ3v) is 8.22. The standard InChI is InChI=1S/2C15H24O.3C4H8O.Yb/c2*1-10-8-11(14(2,3)4)13(16)12(9-10)15(5,6)7;3*1-2-4-5-3-1;/h2*8-9,16H,1-7H3;3*1-4H2;. The molecular weight excluding hydrogens is 757 g/mol. The average molecular weight is 830 g/mol. The van der Waals surface area contributed by atoms with Gasteiger partial charge in [0.2, 0.25) is 0 Å². The zero-order valence-corrected chi connectivity index (χ0v) is 34.9. The average Bonchev–Trinajstić information content (AvgIpc) is 3.76. The second-order valence-corrected chi connectivity index (χ2v) is 17.4. The Balaban J connectivity index is 0.000000634. The smallest absolute Gasteiger partial charge is 0.123 e. The Labute approximate surface area is 334 Å². The summed E-state index contributed by atoms with van der Waals surface area (Å²) in [5, 5.41) is 20.8. The molecule has 48 heavy (non-hydrogen) atoms. The summed E-state index contributed by atoms with van der Waals surface area (Å²) < 4.78 is 14.8. The molecule has 284 valence electrons. The van der Waals surface area contributed by atoms with E-state index in [4.69, 9.17) is 14.2 Å². The van der Waals surface area contributed by atoms with Crippen molar-refractivity contribution in [1.29, 1.82) is 0 Å². The molecule has 5 nitrogen and oxygen atoms in total. The molecule has 3 aliphatic rings. The minimum atomic E-state index is -0.0178. The molecule has 2 aromatic carbocycles. The second-order valence-electron chi connectivity index (χ2n) is 17.4. The first kappa shape index (κ1) is 47.4. The number of phenols is 2. The van der Waals surface area contributed by atoms with Crippen molar-refractivity contribution in [1.82, 2.24) is 0 Å². The third-order valence-electron chi connectivity index (χ3n) is 8.22. The summed E-state index contributed by atoms with van der Waals surface area (Å²) in [6.45, 7) is 35.8. The fraction of sp³-hybridized carbons (Fsp3) is 0.714. The largest absolute Gasteiger partial charge is 0.507 e. The summed E-state index contributed by atoms with van der Waals surface area (Å²) in [6, 6.07) is 8.35. The van der Waals surface area contributed by atoms with E-state index in [0.29, 0.717) is 11.5 Å². The molecule has 2 N–H and O–H groups in total. The van der Waals surface area contributed by atoms with Crippen LogP contribution in [0.15, 0.2) is 24.3 Å². The number of aromatic hydroxyl groups is 2. The maximum atomic E-state index is 10.4. The number of hydrogen-bond acceptors (Lipinski definition) is 5. The molecule has 0 spiro atoms. The Morgan fingerprint density at radius 1 is 0.396 bits per heavy atom. The number of rotatable bonds is 0. The molecule has 0 unspecified atom stereocenters. The second kappa shape index (κ2) is 21.7. The fourth-order valence-electron chi connectivity index (χ4n) is 5.38. The van der Waals surface area contributed by atoms with E-state index in [1.54, 1.807) is 0 Å². The Morgan fingerprint density at radius 2 is 0.562 bits per heavy atom. The van der Waals surface area contributed by atoms with Crippen molar-refractivity contribution >= 4 is 0 Å². The Kier molecular flexibility index (Phi) is 21.5. The van der Waals surface area contributed by atoms with Crippen LogP contribution in [0.2, 0.25) is 0 Å². The van der Waals surface area contributed by atoms with Gasteiger partial charge in [-0.2, -0.15) is 0 Å². The molecule has 0 saturated carbocycles. The predicted molar refractivity (Wildman–Crippen MR) is 201 cm³/mol. The van der Waals surface area contributed by atoms with E-state index in [2.05, 4.69) is 121 Å². The van der Waals surface area contributed by atoms with Crippen molar-refractivity contribution in [3.05, 3.63) is 57.6 Å². The van der Waals surface area contributed by atoms with Crippen LogP contribution in [-0.4, -0.2) is 49.9 Å². The van der Waals surface area contributed by atoms with E-state index in [9.17, 15) is 10.2 Å². The molecule has 3 aliphatic heterocycles. The number of phenolic OH excluding ortho intramolecular Hbond substituents is 2. The van der Waals surface area contributed by atoms with Crippen LogP contribution in [0.25, 0.3) is 0 Å². The molecule has 2 aromatic rings. The molecule has 6 heteroatoms. The van der Waals surface area contributed by atoms with Crippen molar-refractivity contribution in [2.75, 3.05) is 39.6 Å². The quantitative estimate of drug-likeness (QED) is 0.277. The Hall–Kier alpha value is -0.561. The normalized spacial score (nSPS) is 16.1. The fourth-order valence-corrected chi connectivity index (χ4v) is 5.38. The monoisotopic (exact) mass is 830 g/mol. The van der Waals surface area contributed by atoms with Crippen LogP contribution in [-0.2, 0) is 35.9 Å². The van der Waals surface area contributed by atoms with Crippen LogP contribution < -0.4 is 0 Å². The summed E-state index contributed by atoms with van der Waals surface area (Å²) >= 11 is 0. The van der Waals surface area contributed by atoms with Gasteiger partial charge in [0.05, 0.1) is 0 Å². The molecular formula is C42H72O5Yb. The minimum Gasteiger partial charge on any atom is -0.507 e. The van der Waals surface area contributed by atoms with Gasteiger partial charge in [-0.25, -0.2) is 0 Å². The maximum Gasteiger partial charge on any atom is 0.123 e. The van der Waals surface area contributed by atoms with Crippen LogP contribution in [0.1, 0.15) is 155 Å². The zero-order chi connectivity index (χ0) is 36.1. The molecule has 0 amide bonds. The van der Waals surface area contributed by atoms with Crippen LogP contribution in [0.4, 0.5) is 0 Å². The number of ether oxygens (including phenoxy) is 3. The third kappa shape index (κ3) is 18.1. The van der Waals surface area contributed by atoms with Gasteiger partial charge < -0.3 is 24.4 Å². The SMILES string of the molecule is C1CCOC1.C1CCOC1.C1CCOC1.Cc1cc(C(C)(C)C)c(O)c(C(C)(C)C)c1.Cc1cc(C(C)(C)C)c(O)c(C(C)(C)C)c1.[Yb]. The summed E-state index contributed by atoms with van der Waals surface area (Å²) in [5.41, 5.74) is 6.52. The van der Waals surface area contributed by atoms with Crippen LogP contribution >= 0.6 is 0 Å². The molecule has 0 radical (unpaired) electrons. The Morgan fingerprint density at radius 3 is 0.667 bits per heavy atom. The van der Waals surface area contributed by atoms with Gasteiger partial charge in [0, 0.05) is 86.6 Å². The molecule has 0 aromatic heterocycles. The summed E-state index contributed by atoms with van der Waals surface area (Å²) in [4.78, 5) is 0. The van der Waals surface area contributed by atoms with Gasteiger partial charge in [-0.05, 0) is 96.3 Å². The summed E-state index contributed by atoms with van der Waals surface area (Å²) in [6.07, 6.45) is 7.67. The van der Waals surface area contributed by atoms with Gasteiger partial charge >= 0.3 is 0 Å². The van der Waals surface area contributed by atoms with Gasteiger partial charge in [0.25, 0.3) is 0 Å². The molecule has 0 atom stereocenters. The van der Waals surface area contributed by atoms with E-state index < -0.39 is 0 Å². The van der Waals surface area contributed by atoms with Crippen molar-refractivity contribution < 1.29 is 71.3 Å². The minimum absolute atomic E-state index is 0. The predicted octanol–water partition coefficient (Wildman–Crippen LogP) is 11.0. The van der Waals surface area contributed by atoms with Gasteiger partial charge in [-0.1, -0.05) is 118 Å². The van der Waals surface area contributed by atoms with Crippen LogP contribution in [0.5, 0.6) is 11.5 Å². The van der Waals surface area contributed by atoms with Crippen LogP contribution in [0, 0.1) is 60.8 Å². The topological polar surface area (TPSA) is 68.2 Å². The van der Waals surface area contributed by atoms with Gasteiger partial charge in [-0.3, -0.25) is 0 Å². The summed E-state index contributed by atoms with van der Waals surface area (Å²) in [5.74, 6) is 0.927. The number of benzene rings is 2. The first-order valence-electron chi connectivity index (χ1n) is 18.0. The summed E-state index contributed by atoms with van der Waals surface area (Å²) in [7, 11) is 0. The number of hydrogen-bond donors (Lipinski definition) is 2. The number of aryl methyl sites for hydroxylation is 2. The molecule has 3 fully saturated rings. The van der Waals surface area contributed by atoms with Crippen molar-refractivity contribution in [2.24, 2.45) is 0 Å².